The van der Waals surface area contributed by atoms with E-state index in [1.807, 2.05) is 6.07 Å². The SMILES string of the molecule is O=C(CCCNC(=O)c1ccccc1)N/N=C\c1ccc(OC(=O)c2cccc([N+](=O)[O-])c2)cc1. The Morgan fingerprint density at radius 1 is 0.943 bits per heavy atom. The van der Waals surface area contributed by atoms with Crippen LogP contribution in [0.5, 0.6) is 5.75 Å². The molecule has 0 spiro atoms. The number of hydrogen-bond acceptors (Lipinski definition) is 7. The summed E-state index contributed by atoms with van der Waals surface area (Å²) in [6.45, 7) is 0.362. The molecule has 0 atom stereocenters. The fourth-order valence-electron chi connectivity index (χ4n) is 2.91. The zero-order valence-electron chi connectivity index (χ0n) is 18.5. The molecule has 10 nitrogen and oxygen atoms in total. The third kappa shape index (κ3) is 7.90. The van der Waals surface area contributed by atoms with Gasteiger partial charge in [0.05, 0.1) is 16.7 Å². The summed E-state index contributed by atoms with van der Waals surface area (Å²) in [4.78, 5) is 46.3. The number of rotatable bonds is 10. The van der Waals surface area contributed by atoms with Gasteiger partial charge in [0, 0.05) is 30.7 Å². The van der Waals surface area contributed by atoms with E-state index in [1.165, 1.54) is 36.5 Å². The fourth-order valence-corrected chi connectivity index (χ4v) is 2.91. The molecule has 0 saturated carbocycles. The summed E-state index contributed by atoms with van der Waals surface area (Å²) in [6, 6.07) is 20.4. The molecule has 0 saturated heterocycles. The molecule has 0 aromatic heterocycles. The van der Waals surface area contributed by atoms with Gasteiger partial charge in [-0.15, -0.1) is 0 Å². The lowest BCUT2D eigenvalue weighted by Crippen LogP contribution is -2.26. The highest BCUT2D eigenvalue weighted by atomic mass is 16.6. The van der Waals surface area contributed by atoms with Crippen LogP contribution in [0.2, 0.25) is 0 Å². The van der Waals surface area contributed by atoms with Crippen molar-refractivity contribution in [2.75, 3.05) is 6.54 Å². The first-order chi connectivity index (χ1) is 16.9. The molecule has 0 unspecified atom stereocenters. The predicted molar refractivity (Wildman–Crippen MR) is 128 cm³/mol. The van der Waals surface area contributed by atoms with Crippen molar-refractivity contribution < 1.29 is 24.0 Å². The first-order valence-corrected chi connectivity index (χ1v) is 10.6. The topological polar surface area (TPSA) is 140 Å². The van der Waals surface area contributed by atoms with Crippen LogP contribution < -0.4 is 15.5 Å². The van der Waals surface area contributed by atoms with Gasteiger partial charge in [0.2, 0.25) is 5.91 Å². The molecule has 0 aliphatic carbocycles. The zero-order valence-corrected chi connectivity index (χ0v) is 18.5. The first kappa shape index (κ1) is 24.8. The Labute approximate surface area is 200 Å². The van der Waals surface area contributed by atoms with E-state index >= 15 is 0 Å². The molecular weight excluding hydrogens is 452 g/mol. The van der Waals surface area contributed by atoms with Gasteiger partial charge in [0.1, 0.15) is 5.75 Å². The first-order valence-electron chi connectivity index (χ1n) is 10.6. The minimum absolute atomic E-state index is 0.0622. The van der Waals surface area contributed by atoms with E-state index in [0.717, 1.165) is 6.07 Å². The number of nitro benzene ring substituents is 1. The highest BCUT2D eigenvalue weighted by Gasteiger charge is 2.13. The minimum atomic E-state index is -0.720. The van der Waals surface area contributed by atoms with E-state index < -0.39 is 10.9 Å². The average Bonchev–Trinajstić information content (AvgIpc) is 2.88. The van der Waals surface area contributed by atoms with Crippen molar-refractivity contribution in [1.82, 2.24) is 10.7 Å². The van der Waals surface area contributed by atoms with Gasteiger partial charge in [-0.1, -0.05) is 24.3 Å². The summed E-state index contributed by atoms with van der Waals surface area (Å²) in [5.41, 5.74) is 3.48. The van der Waals surface area contributed by atoms with Crippen LogP contribution in [-0.2, 0) is 4.79 Å². The Bertz CT molecular complexity index is 1230. The van der Waals surface area contributed by atoms with Gasteiger partial charge in [-0.25, -0.2) is 10.2 Å². The van der Waals surface area contributed by atoms with Crippen LogP contribution >= 0.6 is 0 Å². The van der Waals surface area contributed by atoms with Crippen LogP contribution in [0.1, 0.15) is 39.1 Å². The number of hydrazone groups is 1. The lowest BCUT2D eigenvalue weighted by Gasteiger charge is -2.05. The molecule has 2 N–H and O–H groups in total. The van der Waals surface area contributed by atoms with Gasteiger partial charge in [0.25, 0.3) is 11.6 Å². The maximum Gasteiger partial charge on any atom is 0.343 e. The second kappa shape index (κ2) is 12.4. The molecule has 10 heteroatoms. The lowest BCUT2D eigenvalue weighted by molar-refractivity contribution is -0.384. The summed E-state index contributed by atoms with van der Waals surface area (Å²) in [6.07, 6.45) is 2.09. The molecule has 178 valence electrons. The smallest absolute Gasteiger partial charge is 0.343 e. The van der Waals surface area contributed by atoms with Gasteiger partial charge >= 0.3 is 5.97 Å². The Morgan fingerprint density at radius 3 is 2.37 bits per heavy atom. The summed E-state index contributed by atoms with van der Waals surface area (Å²) in [5, 5.41) is 17.5. The van der Waals surface area contributed by atoms with Crippen molar-refractivity contribution >= 4 is 29.7 Å². The Kier molecular flexibility index (Phi) is 8.78. The van der Waals surface area contributed by atoms with Gasteiger partial charge in [-0.3, -0.25) is 19.7 Å². The standard InChI is InChI=1S/C25H22N4O6/c30-23(10-5-15-26-24(31)19-6-2-1-3-7-19)28-27-17-18-11-13-22(14-12-18)35-25(32)20-8-4-9-21(16-20)29(33)34/h1-4,6-9,11-14,16-17H,5,10,15H2,(H,26,31)(H,28,30)/b27-17-. The van der Waals surface area contributed by atoms with E-state index in [4.69, 9.17) is 4.74 Å². The van der Waals surface area contributed by atoms with Crippen LogP contribution in [0.15, 0.2) is 84.0 Å². The monoisotopic (exact) mass is 474 g/mol. The Hall–Kier alpha value is -4.86. The van der Waals surface area contributed by atoms with Crippen molar-refractivity contribution in [1.29, 1.82) is 0 Å². The number of amides is 2. The number of hydrogen-bond donors (Lipinski definition) is 2. The molecule has 0 heterocycles. The van der Waals surface area contributed by atoms with Crippen molar-refractivity contribution in [2.45, 2.75) is 12.8 Å². The molecule has 0 aliphatic rings. The van der Waals surface area contributed by atoms with E-state index in [9.17, 15) is 24.5 Å². The predicted octanol–water partition coefficient (Wildman–Crippen LogP) is 3.47. The number of esters is 1. The quantitative estimate of drug-likeness (QED) is 0.115. The summed E-state index contributed by atoms with van der Waals surface area (Å²) >= 11 is 0. The number of nitro groups is 1. The van der Waals surface area contributed by atoms with Crippen LogP contribution in [-0.4, -0.2) is 35.5 Å². The van der Waals surface area contributed by atoms with E-state index in [0.29, 0.717) is 24.1 Å². The van der Waals surface area contributed by atoms with Crippen LogP contribution in [0.3, 0.4) is 0 Å². The number of benzene rings is 3. The number of carbonyl (C=O) groups excluding carboxylic acids is 3. The van der Waals surface area contributed by atoms with Crippen LogP contribution in [0.4, 0.5) is 5.69 Å². The summed E-state index contributed by atoms with van der Waals surface area (Å²) < 4.78 is 5.23. The highest BCUT2D eigenvalue weighted by Crippen LogP contribution is 2.17. The van der Waals surface area contributed by atoms with E-state index in [1.54, 1.807) is 36.4 Å². The van der Waals surface area contributed by atoms with E-state index in [-0.39, 0.29) is 35.2 Å². The second-order valence-electron chi connectivity index (χ2n) is 7.28. The maximum absolute atomic E-state index is 12.2. The molecule has 3 aromatic rings. The van der Waals surface area contributed by atoms with Gasteiger partial charge in [-0.2, -0.15) is 5.10 Å². The Morgan fingerprint density at radius 2 is 1.66 bits per heavy atom. The van der Waals surface area contributed by atoms with Gasteiger partial charge in [0.15, 0.2) is 0 Å². The normalized spacial score (nSPS) is 10.5. The summed E-state index contributed by atoms with van der Waals surface area (Å²) in [7, 11) is 0. The lowest BCUT2D eigenvalue weighted by atomic mass is 10.2. The largest absolute Gasteiger partial charge is 0.423 e. The third-order valence-electron chi connectivity index (χ3n) is 4.69. The highest BCUT2D eigenvalue weighted by molar-refractivity contribution is 5.94. The van der Waals surface area contributed by atoms with Crippen molar-refractivity contribution in [2.24, 2.45) is 5.10 Å². The fraction of sp³-hybridized carbons (Fsp3) is 0.120. The molecule has 0 bridgehead atoms. The average molecular weight is 474 g/mol. The van der Waals surface area contributed by atoms with Gasteiger partial charge < -0.3 is 10.1 Å². The third-order valence-corrected chi connectivity index (χ3v) is 4.69. The maximum atomic E-state index is 12.2. The van der Waals surface area contributed by atoms with Gasteiger partial charge in [-0.05, 0) is 54.4 Å². The van der Waals surface area contributed by atoms with E-state index in [2.05, 4.69) is 15.8 Å². The Balaban J connectivity index is 1.39. The summed E-state index contributed by atoms with van der Waals surface area (Å²) in [5.74, 6) is -0.955. The van der Waals surface area contributed by atoms with Crippen molar-refractivity contribution in [3.05, 3.63) is 106 Å². The van der Waals surface area contributed by atoms with Crippen molar-refractivity contribution in [3.8, 4) is 5.75 Å². The molecule has 0 aliphatic heterocycles. The number of non-ortho nitro benzene ring substituents is 1. The number of nitrogens with one attached hydrogen (secondary N) is 2. The minimum Gasteiger partial charge on any atom is -0.423 e. The van der Waals surface area contributed by atoms with Crippen LogP contribution in [0, 0.1) is 10.1 Å². The second-order valence-corrected chi connectivity index (χ2v) is 7.28. The van der Waals surface area contributed by atoms with Crippen LogP contribution in [0.25, 0.3) is 0 Å². The molecule has 0 radical (unpaired) electrons. The molecule has 3 aromatic carbocycles. The number of nitrogens with zero attached hydrogens (tertiary/aromatic N) is 2. The zero-order chi connectivity index (χ0) is 25.0. The van der Waals surface area contributed by atoms with Crippen molar-refractivity contribution in [3.63, 3.8) is 0 Å². The molecule has 3 rings (SSSR count). The molecule has 0 fully saturated rings. The molecular formula is C25H22N4O6. The number of ether oxygens (including phenoxy) is 1. The molecule has 2 amide bonds. The number of carbonyl (C=O) groups is 3. The molecule has 35 heavy (non-hydrogen) atoms.